The van der Waals surface area contributed by atoms with E-state index in [9.17, 15) is 0 Å². The van der Waals surface area contributed by atoms with Gasteiger partial charge in [-0.2, -0.15) is 0 Å². The summed E-state index contributed by atoms with van der Waals surface area (Å²) >= 11 is 0. The Labute approximate surface area is 150 Å². The monoisotopic (exact) mass is 328 g/mol. The summed E-state index contributed by atoms with van der Waals surface area (Å²) in [5.74, 6) is 0. The van der Waals surface area contributed by atoms with Crippen LogP contribution in [0, 0.1) is 0 Å². The van der Waals surface area contributed by atoms with Crippen LogP contribution in [0.5, 0.6) is 0 Å². The number of ether oxygens (including phenoxy) is 1. The van der Waals surface area contributed by atoms with Crippen LogP contribution in [-0.4, -0.2) is 13.7 Å². The Hall–Kier alpha value is -2.64. The first-order valence-corrected chi connectivity index (χ1v) is 8.70. The van der Waals surface area contributed by atoms with E-state index in [1.807, 2.05) is 0 Å². The first-order chi connectivity index (χ1) is 12.4. The minimum Gasteiger partial charge on any atom is -0.380 e. The molecule has 0 fully saturated rings. The van der Waals surface area contributed by atoms with Crippen LogP contribution in [0.15, 0.2) is 96.6 Å². The van der Waals surface area contributed by atoms with Gasteiger partial charge in [-0.25, -0.2) is 0 Å². The predicted molar refractivity (Wildman–Crippen MR) is 106 cm³/mol. The summed E-state index contributed by atoms with van der Waals surface area (Å²) < 4.78 is 5.56. The standard InChI is InChI=1S/C24H24O/c1-25-19-23(17-20-11-5-2-6-12-20)24(22-15-9-4-10-16-22)18-21-13-7-3-8-14-21/h2-16H,17-19H2,1H3/b24-23-. The zero-order valence-electron chi connectivity index (χ0n) is 14.7. The van der Waals surface area contributed by atoms with E-state index in [-0.39, 0.29) is 0 Å². The van der Waals surface area contributed by atoms with E-state index in [2.05, 4.69) is 91.0 Å². The molecule has 0 aromatic heterocycles. The van der Waals surface area contributed by atoms with Crippen molar-refractivity contribution in [3.63, 3.8) is 0 Å². The van der Waals surface area contributed by atoms with Crippen molar-refractivity contribution in [2.24, 2.45) is 0 Å². The van der Waals surface area contributed by atoms with Gasteiger partial charge in [0, 0.05) is 7.11 Å². The van der Waals surface area contributed by atoms with Gasteiger partial charge in [0.05, 0.1) is 6.61 Å². The van der Waals surface area contributed by atoms with Crippen molar-refractivity contribution in [1.82, 2.24) is 0 Å². The molecule has 0 aliphatic heterocycles. The van der Waals surface area contributed by atoms with Gasteiger partial charge in [0.25, 0.3) is 0 Å². The zero-order chi connectivity index (χ0) is 17.3. The van der Waals surface area contributed by atoms with Gasteiger partial charge in [0.1, 0.15) is 0 Å². The van der Waals surface area contributed by atoms with E-state index in [4.69, 9.17) is 4.74 Å². The molecule has 3 rings (SSSR count). The van der Waals surface area contributed by atoms with Crippen molar-refractivity contribution in [1.29, 1.82) is 0 Å². The molecular formula is C24H24O. The van der Waals surface area contributed by atoms with Crippen molar-refractivity contribution < 1.29 is 4.74 Å². The molecule has 1 heteroatoms. The summed E-state index contributed by atoms with van der Waals surface area (Å²) in [5, 5.41) is 0. The van der Waals surface area contributed by atoms with Crippen LogP contribution in [0.1, 0.15) is 16.7 Å². The van der Waals surface area contributed by atoms with E-state index in [1.165, 1.54) is 27.8 Å². The largest absolute Gasteiger partial charge is 0.380 e. The average Bonchev–Trinajstić information content (AvgIpc) is 2.68. The van der Waals surface area contributed by atoms with Gasteiger partial charge in [0.15, 0.2) is 0 Å². The summed E-state index contributed by atoms with van der Waals surface area (Å²) in [6.07, 6.45) is 1.82. The van der Waals surface area contributed by atoms with Crippen molar-refractivity contribution in [2.45, 2.75) is 12.8 Å². The number of rotatable bonds is 7. The average molecular weight is 328 g/mol. The minimum atomic E-state index is 0.645. The van der Waals surface area contributed by atoms with Gasteiger partial charge in [0.2, 0.25) is 0 Å². The lowest BCUT2D eigenvalue weighted by Gasteiger charge is -2.16. The molecule has 0 saturated heterocycles. The molecule has 0 spiro atoms. The van der Waals surface area contributed by atoms with Gasteiger partial charge >= 0.3 is 0 Å². The number of methoxy groups -OCH3 is 1. The maximum Gasteiger partial charge on any atom is 0.0682 e. The van der Waals surface area contributed by atoms with Crippen LogP contribution in [0.25, 0.3) is 5.57 Å². The molecule has 0 radical (unpaired) electrons. The number of benzene rings is 3. The van der Waals surface area contributed by atoms with Gasteiger partial charge < -0.3 is 4.74 Å². The second-order valence-corrected chi connectivity index (χ2v) is 6.21. The molecule has 0 unspecified atom stereocenters. The topological polar surface area (TPSA) is 9.23 Å². The van der Waals surface area contributed by atoms with Crippen LogP contribution in [-0.2, 0) is 17.6 Å². The molecule has 0 heterocycles. The fourth-order valence-electron chi connectivity index (χ4n) is 3.13. The lowest BCUT2D eigenvalue weighted by atomic mass is 9.90. The smallest absolute Gasteiger partial charge is 0.0682 e. The van der Waals surface area contributed by atoms with E-state index in [0.29, 0.717) is 6.61 Å². The van der Waals surface area contributed by atoms with Gasteiger partial charge in [-0.3, -0.25) is 0 Å². The molecular weight excluding hydrogens is 304 g/mol. The number of allylic oxidation sites excluding steroid dienone is 1. The molecule has 126 valence electrons. The molecule has 0 aliphatic carbocycles. The first-order valence-electron chi connectivity index (χ1n) is 8.70. The summed E-state index contributed by atoms with van der Waals surface area (Å²) in [5.41, 5.74) is 6.61. The highest BCUT2D eigenvalue weighted by Crippen LogP contribution is 2.26. The van der Waals surface area contributed by atoms with Crippen LogP contribution in [0.2, 0.25) is 0 Å². The predicted octanol–water partition coefficient (Wildman–Crippen LogP) is 5.57. The van der Waals surface area contributed by atoms with E-state index in [1.54, 1.807) is 7.11 Å². The fourth-order valence-corrected chi connectivity index (χ4v) is 3.13. The van der Waals surface area contributed by atoms with Crippen LogP contribution in [0.4, 0.5) is 0 Å². The van der Waals surface area contributed by atoms with Gasteiger partial charge in [-0.05, 0) is 40.7 Å². The Kier molecular flexibility index (Phi) is 6.19. The minimum absolute atomic E-state index is 0.645. The zero-order valence-corrected chi connectivity index (χ0v) is 14.7. The molecule has 0 bridgehead atoms. The van der Waals surface area contributed by atoms with E-state index >= 15 is 0 Å². The highest BCUT2D eigenvalue weighted by Gasteiger charge is 2.11. The maximum atomic E-state index is 5.56. The molecule has 0 N–H and O–H groups in total. The van der Waals surface area contributed by atoms with Crippen molar-refractivity contribution in [2.75, 3.05) is 13.7 Å². The molecule has 0 aliphatic rings. The molecule has 1 nitrogen and oxygen atoms in total. The van der Waals surface area contributed by atoms with Crippen molar-refractivity contribution in [3.05, 3.63) is 113 Å². The number of hydrogen-bond donors (Lipinski definition) is 0. The van der Waals surface area contributed by atoms with Crippen molar-refractivity contribution in [3.8, 4) is 0 Å². The van der Waals surface area contributed by atoms with Gasteiger partial charge in [-0.1, -0.05) is 91.0 Å². The SMILES string of the molecule is COC/C(Cc1ccccc1)=C(/Cc1ccccc1)c1ccccc1. The molecule has 3 aromatic rings. The summed E-state index contributed by atoms with van der Waals surface area (Å²) in [6.45, 7) is 0.645. The lowest BCUT2D eigenvalue weighted by Crippen LogP contribution is -2.05. The van der Waals surface area contributed by atoms with E-state index in [0.717, 1.165) is 12.8 Å². The van der Waals surface area contributed by atoms with Crippen LogP contribution < -0.4 is 0 Å². The highest BCUT2D eigenvalue weighted by molar-refractivity contribution is 5.71. The van der Waals surface area contributed by atoms with Crippen molar-refractivity contribution >= 4 is 5.57 Å². The van der Waals surface area contributed by atoms with E-state index < -0.39 is 0 Å². The third kappa shape index (κ3) is 4.91. The lowest BCUT2D eigenvalue weighted by molar-refractivity contribution is 0.224. The second kappa shape index (κ2) is 9.00. The summed E-state index contributed by atoms with van der Waals surface area (Å²) in [4.78, 5) is 0. The third-order valence-corrected chi connectivity index (χ3v) is 4.35. The maximum absolute atomic E-state index is 5.56. The Morgan fingerprint density at radius 1 is 0.640 bits per heavy atom. The first kappa shape index (κ1) is 17.2. The Bertz CT molecular complexity index is 789. The highest BCUT2D eigenvalue weighted by atomic mass is 16.5. The number of hydrogen-bond acceptors (Lipinski definition) is 1. The fraction of sp³-hybridized carbons (Fsp3) is 0.167. The third-order valence-electron chi connectivity index (χ3n) is 4.35. The molecule has 0 saturated carbocycles. The molecule has 0 amide bonds. The normalized spacial score (nSPS) is 11.9. The molecule has 25 heavy (non-hydrogen) atoms. The summed E-state index contributed by atoms with van der Waals surface area (Å²) in [6, 6.07) is 31.9. The van der Waals surface area contributed by atoms with Gasteiger partial charge in [-0.15, -0.1) is 0 Å². The quantitative estimate of drug-likeness (QED) is 0.551. The van der Waals surface area contributed by atoms with Crippen LogP contribution >= 0.6 is 0 Å². The Balaban J connectivity index is 2.02. The summed E-state index contributed by atoms with van der Waals surface area (Å²) in [7, 11) is 1.77. The second-order valence-electron chi connectivity index (χ2n) is 6.21. The van der Waals surface area contributed by atoms with Crippen LogP contribution in [0.3, 0.4) is 0 Å². The Morgan fingerprint density at radius 3 is 1.64 bits per heavy atom. The Morgan fingerprint density at radius 2 is 1.12 bits per heavy atom. The molecule has 0 atom stereocenters. The molecule has 3 aromatic carbocycles.